The number of hydrogen-bond acceptors (Lipinski definition) is 4. The first-order chi connectivity index (χ1) is 8.24. The van der Waals surface area contributed by atoms with E-state index in [1.807, 2.05) is 42.2 Å². The summed E-state index contributed by atoms with van der Waals surface area (Å²) in [5, 5.41) is 1.03. The summed E-state index contributed by atoms with van der Waals surface area (Å²) in [7, 11) is 2.09. The molecule has 2 N–H and O–H groups in total. The van der Waals surface area contributed by atoms with E-state index in [4.69, 9.17) is 5.73 Å². The average molecular weight is 247 g/mol. The molecular weight excluding hydrogens is 230 g/mol. The van der Waals surface area contributed by atoms with Gasteiger partial charge in [0, 0.05) is 36.6 Å². The molecule has 1 heterocycles. The van der Waals surface area contributed by atoms with Gasteiger partial charge in [-0.3, -0.25) is 4.98 Å². The van der Waals surface area contributed by atoms with E-state index in [0.29, 0.717) is 0 Å². The number of fused-ring (bicyclic) bond motifs is 1. The zero-order valence-electron chi connectivity index (χ0n) is 10.2. The Morgan fingerprint density at radius 2 is 2.18 bits per heavy atom. The number of benzene rings is 1. The molecule has 0 aliphatic rings. The number of nitrogens with zero attached hydrogens (tertiary/aromatic N) is 2. The summed E-state index contributed by atoms with van der Waals surface area (Å²) in [6, 6.07) is 7.94. The van der Waals surface area contributed by atoms with Crippen LogP contribution < -0.4 is 10.6 Å². The third-order valence-electron chi connectivity index (χ3n) is 2.82. The van der Waals surface area contributed by atoms with Gasteiger partial charge in [0.2, 0.25) is 0 Å². The number of nitrogen functional groups attached to an aromatic ring is 1. The van der Waals surface area contributed by atoms with E-state index in [9.17, 15) is 0 Å². The van der Waals surface area contributed by atoms with Gasteiger partial charge in [-0.2, -0.15) is 11.8 Å². The van der Waals surface area contributed by atoms with Crippen molar-refractivity contribution in [2.75, 3.05) is 36.2 Å². The summed E-state index contributed by atoms with van der Waals surface area (Å²) in [5.74, 6) is 1.11. The van der Waals surface area contributed by atoms with E-state index in [1.54, 1.807) is 0 Å². The third-order valence-corrected chi connectivity index (χ3v) is 3.41. The Labute approximate surface area is 106 Å². The summed E-state index contributed by atoms with van der Waals surface area (Å²) in [6.45, 7) is 1.01. The molecule has 2 aromatic rings. The van der Waals surface area contributed by atoms with Gasteiger partial charge in [-0.25, -0.2) is 0 Å². The molecule has 0 radical (unpaired) electrons. The Morgan fingerprint density at radius 1 is 1.35 bits per heavy atom. The Morgan fingerprint density at radius 3 is 2.94 bits per heavy atom. The third kappa shape index (κ3) is 2.47. The molecule has 17 heavy (non-hydrogen) atoms. The molecule has 0 spiro atoms. The van der Waals surface area contributed by atoms with Crippen LogP contribution in [0.3, 0.4) is 0 Å². The van der Waals surface area contributed by atoms with Gasteiger partial charge in [-0.05, 0) is 30.5 Å². The molecule has 90 valence electrons. The lowest BCUT2D eigenvalue weighted by Gasteiger charge is -2.20. The van der Waals surface area contributed by atoms with Gasteiger partial charge < -0.3 is 10.6 Å². The van der Waals surface area contributed by atoms with Gasteiger partial charge in [-0.15, -0.1) is 0 Å². The fourth-order valence-corrected chi connectivity index (χ4v) is 2.29. The van der Waals surface area contributed by atoms with Gasteiger partial charge in [-0.1, -0.05) is 0 Å². The van der Waals surface area contributed by atoms with E-state index >= 15 is 0 Å². The van der Waals surface area contributed by atoms with E-state index < -0.39 is 0 Å². The molecule has 4 heteroatoms. The number of nitrogens with two attached hydrogens (primary N) is 1. The molecule has 0 atom stereocenters. The van der Waals surface area contributed by atoms with E-state index in [2.05, 4.69) is 23.2 Å². The normalized spacial score (nSPS) is 10.7. The molecular formula is C13H17N3S. The fraction of sp³-hybridized carbons (Fsp3) is 0.308. The van der Waals surface area contributed by atoms with Crippen molar-refractivity contribution in [1.82, 2.24) is 4.98 Å². The number of anilines is 2. The number of hydrogen-bond donors (Lipinski definition) is 1. The summed E-state index contributed by atoms with van der Waals surface area (Å²) < 4.78 is 0. The van der Waals surface area contributed by atoms with Crippen molar-refractivity contribution >= 4 is 34.0 Å². The fourth-order valence-electron chi connectivity index (χ4n) is 1.84. The molecule has 0 fully saturated rings. The Hall–Kier alpha value is -1.42. The Bertz CT molecular complexity index is 513. The second-order valence-electron chi connectivity index (χ2n) is 3.99. The van der Waals surface area contributed by atoms with Crippen LogP contribution in [0.4, 0.5) is 11.4 Å². The van der Waals surface area contributed by atoms with Crippen molar-refractivity contribution in [3.05, 3.63) is 30.5 Å². The summed E-state index contributed by atoms with van der Waals surface area (Å²) in [5.41, 5.74) is 8.87. The number of pyridine rings is 1. The van der Waals surface area contributed by atoms with Crippen LogP contribution in [-0.2, 0) is 0 Å². The second-order valence-corrected chi connectivity index (χ2v) is 4.97. The van der Waals surface area contributed by atoms with E-state index in [1.165, 1.54) is 0 Å². The Kier molecular flexibility index (Phi) is 3.74. The highest BCUT2D eigenvalue weighted by molar-refractivity contribution is 7.98. The van der Waals surface area contributed by atoms with Gasteiger partial charge in [0.05, 0.1) is 11.2 Å². The lowest BCUT2D eigenvalue weighted by molar-refractivity contribution is 0.981. The summed E-state index contributed by atoms with van der Waals surface area (Å²) in [6.07, 6.45) is 3.93. The molecule has 3 nitrogen and oxygen atoms in total. The second kappa shape index (κ2) is 5.27. The topological polar surface area (TPSA) is 42.1 Å². The Balaban J connectivity index is 2.44. The first-order valence-corrected chi connectivity index (χ1v) is 6.96. The van der Waals surface area contributed by atoms with Crippen LogP contribution >= 0.6 is 11.8 Å². The van der Waals surface area contributed by atoms with Crippen LogP contribution in [0.2, 0.25) is 0 Å². The van der Waals surface area contributed by atoms with Crippen LogP contribution in [0, 0.1) is 0 Å². The molecule has 0 saturated carbocycles. The molecule has 0 amide bonds. The molecule has 0 saturated heterocycles. The highest BCUT2D eigenvalue weighted by atomic mass is 32.2. The van der Waals surface area contributed by atoms with Gasteiger partial charge in [0.25, 0.3) is 0 Å². The smallest absolute Gasteiger partial charge is 0.0955 e. The first-order valence-electron chi connectivity index (χ1n) is 5.57. The van der Waals surface area contributed by atoms with Crippen LogP contribution in [-0.4, -0.2) is 30.6 Å². The standard InChI is InChI=1S/C13H17N3S/c1-16(8-9-17-2)12-6-5-11(14)10-4-3-7-15-13(10)12/h3-7H,8-9,14H2,1-2H3. The number of thioether (sulfide) groups is 1. The number of rotatable bonds is 4. The highest BCUT2D eigenvalue weighted by Crippen LogP contribution is 2.28. The molecule has 0 unspecified atom stereocenters. The van der Waals surface area contributed by atoms with Crippen molar-refractivity contribution < 1.29 is 0 Å². The minimum atomic E-state index is 0.787. The van der Waals surface area contributed by atoms with Gasteiger partial charge in [0.15, 0.2) is 0 Å². The molecule has 2 rings (SSSR count). The van der Waals surface area contributed by atoms with Gasteiger partial charge in [0.1, 0.15) is 0 Å². The molecule has 0 aliphatic heterocycles. The molecule has 0 aliphatic carbocycles. The zero-order chi connectivity index (χ0) is 12.3. The van der Waals surface area contributed by atoms with Gasteiger partial charge >= 0.3 is 0 Å². The van der Waals surface area contributed by atoms with Crippen molar-refractivity contribution in [3.63, 3.8) is 0 Å². The predicted molar refractivity (Wildman–Crippen MR) is 77.8 cm³/mol. The van der Waals surface area contributed by atoms with E-state index in [-0.39, 0.29) is 0 Å². The number of aromatic nitrogens is 1. The van der Waals surface area contributed by atoms with Crippen LogP contribution in [0.1, 0.15) is 0 Å². The molecule has 1 aromatic carbocycles. The largest absolute Gasteiger partial charge is 0.398 e. The summed E-state index contributed by atoms with van der Waals surface area (Å²) in [4.78, 5) is 6.67. The van der Waals surface area contributed by atoms with Crippen LogP contribution in [0.5, 0.6) is 0 Å². The molecule has 0 bridgehead atoms. The van der Waals surface area contributed by atoms with Crippen LogP contribution in [0.15, 0.2) is 30.5 Å². The summed E-state index contributed by atoms with van der Waals surface area (Å²) >= 11 is 1.85. The average Bonchev–Trinajstić information content (AvgIpc) is 2.37. The first kappa shape index (κ1) is 12.0. The zero-order valence-corrected chi connectivity index (χ0v) is 11.0. The SMILES string of the molecule is CSCCN(C)c1ccc(N)c2cccnc12. The maximum Gasteiger partial charge on any atom is 0.0955 e. The van der Waals surface area contributed by atoms with Crippen molar-refractivity contribution in [1.29, 1.82) is 0 Å². The van der Waals surface area contributed by atoms with Crippen molar-refractivity contribution in [3.8, 4) is 0 Å². The van der Waals surface area contributed by atoms with Crippen LogP contribution in [0.25, 0.3) is 10.9 Å². The van der Waals surface area contributed by atoms with Crippen molar-refractivity contribution in [2.24, 2.45) is 0 Å². The van der Waals surface area contributed by atoms with Crippen molar-refractivity contribution in [2.45, 2.75) is 0 Å². The highest BCUT2D eigenvalue weighted by Gasteiger charge is 2.08. The molecule has 1 aromatic heterocycles. The lowest BCUT2D eigenvalue weighted by Crippen LogP contribution is -2.20. The van der Waals surface area contributed by atoms with E-state index in [0.717, 1.165) is 34.6 Å². The lowest BCUT2D eigenvalue weighted by atomic mass is 10.1. The minimum Gasteiger partial charge on any atom is -0.398 e. The maximum absolute atomic E-state index is 5.96. The predicted octanol–water partition coefficient (Wildman–Crippen LogP) is 2.62. The minimum absolute atomic E-state index is 0.787. The maximum atomic E-state index is 5.96. The monoisotopic (exact) mass is 247 g/mol. The quantitative estimate of drug-likeness (QED) is 0.843.